The van der Waals surface area contributed by atoms with Gasteiger partial charge in [-0.25, -0.2) is 14.8 Å². The van der Waals surface area contributed by atoms with Gasteiger partial charge in [-0.15, -0.1) is 0 Å². The number of hydrogen-bond acceptors (Lipinski definition) is 7. The molecule has 9 heteroatoms. The average Bonchev–Trinajstić information content (AvgIpc) is 3.42. The van der Waals surface area contributed by atoms with Crippen LogP contribution in [0, 0.1) is 5.92 Å². The Balaban J connectivity index is 1.06. The zero-order valence-corrected chi connectivity index (χ0v) is 26.1. The van der Waals surface area contributed by atoms with Crippen LogP contribution in [0.15, 0.2) is 67.1 Å². The zero-order chi connectivity index (χ0) is 30.7. The van der Waals surface area contributed by atoms with Crippen LogP contribution >= 0.6 is 0 Å². The van der Waals surface area contributed by atoms with Crippen molar-refractivity contribution in [2.45, 2.75) is 64.5 Å². The summed E-state index contributed by atoms with van der Waals surface area (Å²) in [6, 6.07) is 18.3. The number of ether oxygens (including phenoxy) is 2. The van der Waals surface area contributed by atoms with Crippen LogP contribution in [0.3, 0.4) is 0 Å². The fourth-order valence-electron chi connectivity index (χ4n) is 6.49. The maximum atomic E-state index is 12.4. The van der Waals surface area contributed by atoms with Gasteiger partial charge in [0.2, 0.25) is 0 Å². The Kier molecular flexibility index (Phi) is 8.75. The third-order valence-corrected chi connectivity index (χ3v) is 8.87. The molecular formula is C35H44N6O3. The third kappa shape index (κ3) is 6.99. The molecule has 0 atom stereocenters. The topological polar surface area (TPSA) is 98.7 Å². The predicted octanol–water partition coefficient (Wildman–Crippen LogP) is 7.15. The minimum Gasteiger partial charge on any atom is -0.457 e. The first-order chi connectivity index (χ1) is 21.2. The molecule has 1 saturated carbocycles. The number of hydrogen-bond donors (Lipinski definition) is 1. The molecule has 2 aromatic heterocycles. The highest BCUT2D eigenvalue weighted by Gasteiger charge is 2.28. The molecule has 0 unspecified atom stereocenters. The second kappa shape index (κ2) is 12.9. The monoisotopic (exact) mass is 596 g/mol. The lowest BCUT2D eigenvalue weighted by Crippen LogP contribution is -2.50. The molecule has 44 heavy (non-hydrogen) atoms. The van der Waals surface area contributed by atoms with E-state index in [9.17, 15) is 4.79 Å². The SMILES string of the molecule is CC(C)(C)OC(=O)N1CCN(CCC2CCC(n3cc(-c4ccc(Oc5ccccc5)cc4)c4c(N)ncnc43)CC2)CC1. The van der Waals surface area contributed by atoms with Gasteiger partial charge in [0.1, 0.15) is 34.9 Å². The zero-order valence-electron chi connectivity index (χ0n) is 26.1. The van der Waals surface area contributed by atoms with Gasteiger partial charge in [0, 0.05) is 44.0 Å². The molecule has 0 bridgehead atoms. The molecule has 1 aliphatic carbocycles. The number of rotatable bonds is 7. The van der Waals surface area contributed by atoms with Crippen molar-refractivity contribution in [3.8, 4) is 22.6 Å². The largest absolute Gasteiger partial charge is 0.457 e. The molecule has 2 aromatic carbocycles. The smallest absolute Gasteiger partial charge is 0.410 e. The molecule has 4 aromatic rings. The van der Waals surface area contributed by atoms with Gasteiger partial charge in [0.25, 0.3) is 0 Å². The molecule has 2 aliphatic rings. The van der Waals surface area contributed by atoms with Crippen molar-refractivity contribution < 1.29 is 14.3 Å². The molecule has 2 fully saturated rings. The van der Waals surface area contributed by atoms with Crippen molar-refractivity contribution >= 4 is 22.9 Å². The number of carbonyl (C=O) groups is 1. The fraction of sp³-hybridized carbons (Fsp3) is 0.457. The predicted molar refractivity (Wildman–Crippen MR) is 174 cm³/mol. The van der Waals surface area contributed by atoms with Crippen LogP contribution in [-0.4, -0.2) is 68.8 Å². The Bertz CT molecular complexity index is 1550. The maximum absolute atomic E-state index is 12.4. The Morgan fingerprint density at radius 2 is 1.59 bits per heavy atom. The van der Waals surface area contributed by atoms with Crippen molar-refractivity contribution in [2.24, 2.45) is 5.92 Å². The summed E-state index contributed by atoms with van der Waals surface area (Å²) < 4.78 is 13.9. The second-order valence-corrected chi connectivity index (χ2v) is 13.1. The van der Waals surface area contributed by atoms with E-state index >= 15 is 0 Å². The van der Waals surface area contributed by atoms with Crippen LogP contribution in [-0.2, 0) is 4.74 Å². The van der Waals surface area contributed by atoms with Crippen LogP contribution in [0.4, 0.5) is 10.6 Å². The molecule has 1 saturated heterocycles. The summed E-state index contributed by atoms with van der Waals surface area (Å²) in [6.45, 7) is 10.1. The van der Waals surface area contributed by atoms with Crippen LogP contribution < -0.4 is 10.5 Å². The first-order valence-corrected chi connectivity index (χ1v) is 15.9. The van der Waals surface area contributed by atoms with Crippen molar-refractivity contribution in [2.75, 3.05) is 38.5 Å². The van der Waals surface area contributed by atoms with Gasteiger partial charge >= 0.3 is 6.09 Å². The maximum Gasteiger partial charge on any atom is 0.410 e. The standard InChI is InChI=1S/C35H44N6O3/c1-35(2,3)44-34(42)40-21-19-39(20-22-40)18-17-25-9-13-27(14-10-25)41-23-30(31-32(36)37-24-38-33(31)41)26-11-15-29(16-12-26)43-28-7-5-4-6-8-28/h4-8,11-12,15-16,23-25,27H,9-10,13-14,17-22H2,1-3H3,(H2,36,37,38). The summed E-state index contributed by atoms with van der Waals surface area (Å²) in [4.78, 5) is 25.8. The molecule has 2 N–H and O–H groups in total. The number of benzene rings is 2. The molecule has 6 rings (SSSR count). The number of amides is 1. The number of aromatic nitrogens is 3. The van der Waals surface area contributed by atoms with Crippen LogP contribution in [0.2, 0.25) is 0 Å². The number of nitrogens with zero attached hydrogens (tertiary/aromatic N) is 5. The van der Waals surface area contributed by atoms with Gasteiger partial charge in [-0.1, -0.05) is 30.3 Å². The summed E-state index contributed by atoms with van der Waals surface area (Å²) in [6.07, 6.45) is 9.43. The molecule has 0 spiro atoms. The minimum absolute atomic E-state index is 0.197. The Morgan fingerprint density at radius 3 is 2.27 bits per heavy atom. The number of piperazine rings is 1. The van der Waals surface area contributed by atoms with E-state index in [1.54, 1.807) is 6.33 Å². The number of anilines is 1. The van der Waals surface area contributed by atoms with Gasteiger partial charge < -0.3 is 24.7 Å². The summed E-state index contributed by atoms with van der Waals surface area (Å²) in [5, 5.41) is 0.914. The Labute approximate surface area is 260 Å². The average molecular weight is 597 g/mol. The summed E-state index contributed by atoms with van der Waals surface area (Å²) in [7, 11) is 0. The van der Waals surface area contributed by atoms with E-state index in [1.165, 1.54) is 19.3 Å². The summed E-state index contributed by atoms with van der Waals surface area (Å²) >= 11 is 0. The second-order valence-electron chi connectivity index (χ2n) is 13.1. The van der Waals surface area contributed by atoms with Gasteiger partial charge in [-0.3, -0.25) is 4.90 Å². The molecule has 1 aliphatic heterocycles. The van der Waals surface area contributed by atoms with Crippen molar-refractivity contribution in [1.29, 1.82) is 0 Å². The van der Waals surface area contributed by atoms with Gasteiger partial charge in [-0.05, 0) is 95.2 Å². The highest BCUT2D eigenvalue weighted by molar-refractivity contribution is 6.00. The lowest BCUT2D eigenvalue weighted by atomic mass is 9.84. The van der Waals surface area contributed by atoms with E-state index in [2.05, 4.69) is 32.8 Å². The first-order valence-electron chi connectivity index (χ1n) is 15.9. The Hall–Kier alpha value is -4.11. The normalized spacial score (nSPS) is 19.7. The van der Waals surface area contributed by atoms with E-state index in [0.717, 1.165) is 79.2 Å². The van der Waals surface area contributed by atoms with Crippen LogP contribution in [0.25, 0.3) is 22.2 Å². The highest BCUT2D eigenvalue weighted by Crippen LogP contribution is 2.40. The summed E-state index contributed by atoms with van der Waals surface area (Å²) in [5.41, 5.74) is 9.00. The molecule has 0 radical (unpaired) electrons. The molecular weight excluding hydrogens is 552 g/mol. The number of nitrogen functional groups attached to an aromatic ring is 1. The van der Waals surface area contributed by atoms with Crippen molar-refractivity contribution in [3.63, 3.8) is 0 Å². The lowest BCUT2D eigenvalue weighted by Gasteiger charge is -2.36. The number of carbonyl (C=O) groups excluding carboxylic acids is 1. The Morgan fingerprint density at radius 1 is 0.909 bits per heavy atom. The third-order valence-electron chi connectivity index (χ3n) is 8.87. The van der Waals surface area contributed by atoms with E-state index in [-0.39, 0.29) is 6.09 Å². The molecule has 9 nitrogen and oxygen atoms in total. The van der Waals surface area contributed by atoms with Gasteiger partial charge in [0.05, 0.1) is 5.39 Å². The van der Waals surface area contributed by atoms with Crippen molar-refractivity contribution in [3.05, 3.63) is 67.1 Å². The van der Waals surface area contributed by atoms with E-state index < -0.39 is 5.60 Å². The van der Waals surface area contributed by atoms with E-state index in [4.69, 9.17) is 20.2 Å². The van der Waals surface area contributed by atoms with E-state index in [0.29, 0.717) is 17.8 Å². The number of para-hydroxylation sites is 1. The minimum atomic E-state index is -0.454. The number of fused-ring (bicyclic) bond motifs is 1. The first kappa shape index (κ1) is 29.9. The lowest BCUT2D eigenvalue weighted by molar-refractivity contribution is 0.0139. The van der Waals surface area contributed by atoms with Crippen LogP contribution in [0.5, 0.6) is 11.5 Å². The van der Waals surface area contributed by atoms with Gasteiger partial charge in [-0.2, -0.15) is 0 Å². The van der Waals surface area contributed by atoms with E-state index in [1.807, 2.05) is 68.1 Å². The summed E-state index contributed by atoms with van der Waals surface area (Å²) in [5.74, 6) is 2.82. The highest BCUT2D eigenvalue weighted by atomic mass is 16.6. The van der Waals surface area contributed by atoms with Crippen LogP contribution in [0.1, 0.15) is 58.9 Å². The van der Waals surface area contributed by atoms with Gasteiger partial charge in [0.15, 0.2) is 0 Å². The molecule has 3 heterocycles. The fourth-order valence-corrected chi connectivity index (χ4v) is 6.49. The molecule has 1 amide bonds. The quantitative estimate of drug-likeness (QED) is 0.242. The van der Waals surface area contributed by atoms with Crippen molar-refractivity contribution in [1.82, 2.24) is 24.3 Å². The molecule has 232 valence electrons. The number of nitrogens with two attached hydrogens (primary N) is 1.